The number of nitrogens with two attached hydrogens (primary N) is 3. The van der Waals surface area contributed by atoms with E-state index in [-0.39, 0.29) is 25.2 Å². The summed E-state index contributed by atoms with van der Waals surface area (Å²) in [5, 5.41) is 29.1. The summed E-state index contributed by atoms with van der Waals surface area (Å²) in [4.78, 5) is 75.8. The molecule has 0 aliphatic rings. The lowest BCUT2D eigenvalue weighted by molar-refractivity contribution is -0.143. The summed E-state index contributed by atoms with van der Waals surface area (Å²) in [5.74, 6) is -5.67. The van der Waals surface area contributed by atoms with Crippen LogP contribution in [0.1, 0.15) is 91.9 Å². The first-order valence-corrected chi connectivity index (χ1v) is 15.5. The van der Waals surface area contributed by atoms with Crippen molar-refractivity contribution in [1.82, 2.24) is 21.3 Å². The van der Waals surface area contributed by atoms with Gasteiger partial charge in [0.2, 0.25) is 23.6 Å². The van der Waals surface area contributed by atoms with Gasteiger partial charge >= 0.3 is 11.9 Å². The normalized spacial score (nSPS) is 15.3. The lowest BCUT2D eigenvalue weighted by Gasteiger charge is -2.29. The molecule has 0 aromatic rings. The number of hydrogen-bond acceptors (Lipinski definition) is 9. The van der Waals surface area contributed by atoms with E-state index >= 15 is 0 Å². The quantitative estimate of drug-likeness (QED) is 0.0617. The number of unbranched alkanes of at least 4 members (excludes halogenated alkanes) is 2. The van der Waals surface area contributed by atoms with E-state index in [9.17, 15) is 39.0 Å². The van der Waals surface area contributed by atoms with Crippen molar-refractivity contribution in [3.05, 3.63) is 0 Å². The highest BCUT2D eigenvalue weighted by atomic mass is 16.4. The molecule has 15 nitrogen and oxygen atoms in total. The van der Waals surface area contributed by atoms with Gasteiger partial charge in [0.1, 0.15) is 24.2 Å². The minimum Gasteiger partial charge on any atom is -0.481 e. The first-order chi connectivity index (χ1) is 20.7. The second-order valence-corrected chi connectivity index (χ2v) is 11.6. The van der Waals surface area contributed by atoms with Gasteiger partial charge in [-0.25, -0.2) is 4.79 Å². The molecule has 15 heteroatoms. The Kier molecular flexibility index (Phi) is 20.6. The van der Waals surface area contributed by atoms with Crippen LogP contribution in [0.5, 0.6) is 0 Å². The molecule has 0 spiro atoms. The molecule has 0 rings (SSSR count). The number of amides is 4. The average molecular weight is 630 g/mol. The molecule has 0 bridgehead atoms. The van der Waals surface area contributed by atoms with Crippen LogP contribution in [-0.4, -0.2) is 89.1 Å². The van der Waals surface area contributed by atoms with Crippen molar-refractivity contribution in [3.8, 4) is 0 Å². The van der Waals surface area contributed by atoms with Crippen LogP contribution in [0.2, 0.25) is 0 Å². The SMILES string of the molecule is CC[C@H](C)[C@H](NC(=O)[C@H](CCC(=O)O)NC(=O)[C@H](CC(C)C)NC(=O)[C@@H](N)CCCCN)C(=O)N[C@@H](CCCCN)C(=O)O. The maximum atomic E-state index is 13.4. The van der Waals surface area contributed by atoms with Crippen LogP contribution in [0.25, 0.3) is 0 Å². The van der Waals surface area contributed by atoms with Gasteiger partial charge in [0.15, 0.2) is 0 Å². The van der Waals surface area contributed by atoms with Gasteiger partial charge in [0.05, 0.1) is 6.04 Å². The maximum absolute atomic E-state index is 13.4. The van der Waals surface area contributed by atoms with Crippen molar-refractivity contribution in [2.45, 2.75) is 122 Å². The Morgan fingerprint density at radius 1 is 0.659 bits per heavy atom. The van der Waals surface area contributed by atoms with Crippen molar-refractivity contribution in [1.29, 1.82) is 0 Å². The average Bonchev–Trinajstić information content (AvgIpc) is 2.95. The molecule has 4 amide bonds. The number of hydrogen-bond donors (Lipinski definition) is 9. The van der Waals surface area contributed by atoms with E-state index in [0.29, 0.717) is 51.6 Å². The maximum Gasteiger partial charge on any atom is 0.326 e. The molecule has 0 unspecified atom stereocenters. The standard InChI is InChI=1S/C29H55N7O8/c1-5-18(4)24(28(42)34-21(29(43)44)11-7-9-15-31)36-26(40)20(12-13-23(37)38)33-27(41)22(16-17(2)3)35-25(39)19(32)10-6-8-14-30/h17-22,24H,5-16,30-32H2,1-4H3,(H,33,41)(H,34,42)(H,35,39)(H,36,40)(H,37,38)(H,43,44)/t18-,19-,20-,21-,22-,24-/m0/s1. The molecule has 0 aromatic heterocycles. The highest BCUT2D eigenvalue weighted by Crippen LogP contribution is 2.12. The van der Waals surface area contributed by atoms with Gasteiger partial charge in [-0.15, -0.1) is 0 Å². The molecule has 44 heavy (non-hydrogen) atoms. The molecule has 0 saturated carbocycles. The van der Waals surface area contributed by atoms with Crippen LogP contribution < -0.4 is 38.5 Å². The third-order valence-corrected chi connectivity index (χ3v) is 7.28. The molecule has 0 saturated heterocycles. The number of rotatable bonds is 24. The highest BCUT2D eigenvalue weighted by molar-refractivity contribution is 5.95. The van der Waals surface area contributed by atoms with Crippen molar-refractivity contribution >= 4 is 35.6 Å². The zero-order chi connectivity index (χ0) is 33.8. The Bertz CT molecular complexity index is 933. The molecule has 0 aromatic carbocycles. The Labute approximate surface area is 260 Å². The predicted octanol–water partition coefficient (Wildman–Crippen LogP) is -0.447. The van der Waals surface area contributed by atoms with Crippen LogP contribution >= 0.6 is 0 Å². The fourth-order valence-corrected chi connectivity index (χ4v) is 4.40. The van der Waals surface area contributed by atoms with Gasteiger partial charge in [0, 0.05) is 6.42 Å². The van der Waals surface area contributed by atoms with Crippen LogP contribution in [0.3, 0.4) is 0 Å². The van der Waals surface area contributed by atoms with E-state index in [1.807, 2.05) is 13.8 Å². The number of carbonyl (C=O) groups excluding carboxylic acids is 4. The van der Waals surface area contributed by atoms with Gasteiger partial charge in [-0.2, -0.15) is 0 Å². The first-order valence-electron chi connectivity index (χ1n) is 15.5. The second-order valence-electron chi connectivity index (χ2n) is 11.6. The topological polar surface area (TPSA) is 269 Å². The molecular weight excluding hydrogens is 574 g/mol. The van der Waals surface area contributed by atoms with E-state index in [0.717, 1.165) is 0 Å². The monoisotopic (exact) mass is 629 g/mol. The summed E-state index contributed by atoms with van der Waals surface area (Å²) in [6.45, 7) is 8.01. The summed E-state index contributed by atoms with van der Waals surface area (Å²) < 4.78 is 0. The Morgan fingerprint density at radius 3 is 1.68 bits per heavy atom. The molecule has 6 atom stereocenters. The Balaban J connectivity index is 5.89. The predicted molar refractivity (Wildman–Crippen MR) is 165 cm³/mol. The highest BCUT2D eigenvalue weighted by Gasteiger charge is 2.34. The van der Waals surface area contributed by atoms with Crippen molar-refractivity contribution < 1.29 is 39.0 Å². The lowest BCUT2D eigenvalue weighted by atomic mass is 9.96. The smallest absolute Gasteiger partial charge is 0.326 e. The summed E-state index contributed by atoms with van der Waals surface area (Å²) in [6, 6.07) is -5.63. The first kappa shape index (κ1) is 40.7. The summed E-state index contributed by atoms with van der Waals surface area (Å²) in [7, 11) is 0. The van der Waals surface area contributed by atoms with Crippen LogP contribution in [-0.2, 0) is 28.8 Å². The van der Waals surface area contributed by atoms with Crippen LogP contribution in [0.4, 0.5) is 0 Å². The van der Waals surface area contributed by atoms with E-state index < -0.39 is 78.1 Å². The van der Waals surface area contributed by atoms with Gasteiger partial charge in [-0.05, 0) is 69.9 Å². The molecule has 0 radical (unpaired) electrons. The minimum atomic E-state index is -1.36. The third kappa shape index (κ3) is 16.5. The number of nitrogens with one attached hydrogen (secondary N) is 4. The van der Waals surface area contributed by atoms with Crippen molar-refractivity contribution in [2.24, 2.45) is 29.0 Å². The lowest BCUT2D eigenvalue weighted by Crippen LogP contribution is -2.59. The minimum absolute atomic E-state index is 0.0312. The molecule has 0 heterocycles. The Hall–Kier alpha value is -3.30. The van der Waals surface area contributed by atoms with E-state index in [1.54, 1.807) is 13.8 Å². The van der Waals surface area contributed by atoms with Gasteiger partial charge in [-0.3, -0.25) is 24.0 Å². The number of carboxylic acid groups (broad SMARTS) is 2. The molecular formula is C29H55N7O8. The molecule has 0 aliphatic heterocycles. The van der Waals surface area contributed by atoms with Crippen molar-refractivity contribution in [2.75, 3.05) is 13.1 Å². The molecule has 12 N–H and O–H groups in total. The second kappa shape index (κ2) is 22.2. The molecule has 0 aliphatic carbocycles. The zero-order valence-corrected chi connectivity index (χ0v) is 26.6. The summed E-state index contributed by atoms with van der Waals surface area (Å²) >= 11 is 0. The van der Waals surface area contributed by atoms with Gasteiger partial charge < -0.3 is 48.7 Å². The van der Waals surface area contributed by atoms with Gasteiger partial charge in [0.25, 0.3) is 0 Å². The van der Waals surface area contributed by atoms with E-state index in [1.165, 1.54) is 0 Å². The third-order valence-electron chi connectivity index (χ3n) is 7.28. The molecule has 254 valence electrons. The van der Waals surface area contributed by atoms with Crippen LogP contribution in [0.15, 0.2) is 0 Å². The largest absolute Gasteiger partial charge is 0.481 e. The number of carbonyl (C=O) groups is 6. The summed E-state index contributed by atoms with van der Waals surface area (Å²) in [5.41, 5.74) is 17.0. The fraction of sp³-hybridized carbons (Fsp3) is 0.793. The van der Waals surface area contributed by atoms with Crippen molar-refractivity contribution in [3.63, 3.8) is 0 Å². The zero-order valence-electron chi connectivity index (χ0n) is 26.6. The van der Waals surface area contributed by atoms with E-state index in [4.69, 9.17) is 17.2 Å². The fourth-order valence-electron chi connectivity index (χ4n) is 4.40. The van der Waals surface area contributed by atoms with Crippen LogP contribution in [0, 0.1) is 11.8 Å². The number of aliphatic carboxylic acids is 2. The summed E-state index contributed by atoms with van der Waals surface area (Å²) in [6.07, 6.45) is 2.82. The Morgan fingerprint density at radius 2 is 1.18 bits per heavy atom. The molecule has 0 fully saturated rings. The van der Waals surface area contributed by atoms with E-state index in [2.05, 4.69) is 21.3 Å². The van der Waals surface area contributed by atoms with Gasteiger partial charge in [-0.1, -0.05) is 40.5 Å². The number of carboxylic acids is 2.